The van der Waals surface area contributed by atoms with Gasteiger partial charge in [0, 0.05) is 11.1 Å². The van der Waals surface area contributed by atoms with E-state index in [1.165, 1.54) is 22.3 Å². The predicted molar refractivity (Wildman–Crippen MR) is 125 cm³/mol. The minimum absolute atomic E-state index is 0.324. The molecule has 0 bridgehead atoms. The Morgan fingerprint density at radius 2 is 1.53 bits per heavy atom. The van der Waals surface area contributed by atoms with Crippen LogP contribution in [0.5, 0.6) is 0 Å². The Kier molecular flexibility index (Phi) is 6.64. The molecule has 4 nitrogen and oxygen atoms in total. The van der Waals surface area contributed by atoms with Crippen molar-refractivity contribution >= 4 is 23.2 Å². The van der Waals surface area contributed by atoms with Gasteiger partial charge in [-0.2, -0.15) is 0 Å². The van der Waals surface area contributed by atoms with Gasteiger partial charge in [-0.15, -0.1) is 0 Å². The Labute approximate surface area is 180 Å². The fraction of sp³-hybridized carbons (Fsp3) is 0.462. The molecule has 1 N–H and O–H groups in total. The van der Waals surface area contributed by atoms with E-state index in [0.717, 1.165) is 24.2 Å². The van der Waals surface area contributed by atoms with Gasteiger partial charge in [0.1, 0.15) is 24.5 Å². The third-order valence-electron chi connectivity index (χ3n) is 6.10. The molecule has 0 amide bonds. The third kappa shape index (κ3) is 3.88. The number of anilines is 1. The zero-order chi connectivity index (χ0) is 22.0. The molecule has 2 aromatic carbocycles. The largest absolute Gasteiger partial charge is 0.472 e. The molecule has 0 radical (unpaired) electrons. The molecule has 0 spiro atoms. The highest BCUT2D eigenvalue weighted by atomic mass is 16.4. The summed E-state index contributed by atoms with van der Waals surface area (Å²) < 4.78 is 2.05. The van der Waals surface area contributed by atoms with Crippen LogP contribution in [0.4, 0.5) is 11.4 Å². The molecule has 2 aromatic rings. The molecular formula is C26H35N2O2+. The van der Waals surface area contributed by atoms with E-state index in [1.54, 1.807) is 0 Å². The van der Waals surface area contributed by atoms with Gasteiger partial charge in [0.15, 0.2) is 0 Å². The van der Waals surface area contributed by atoms with E-state index in [-0.39, 0.29) is 0 Å². The lowest BCUT2D eigenvalue weighted by Crippen LogP contribution is -2.37. The van der Waals surface area contributed by atoms with Gasteiger partial charge in [0.2, 0.25) is 0 Å². The summed E-state index contributed by atoms with van der Waals surface area (Å²) in [5.74, 6) is 0.156. The van der Waals surface area contributed by atoms with E-state index in [4.69, 9.17) is 0 Å². The fourth-order valence-corrected chi connectivity index (χ4v) is 4.61. The number of aliphatic carboxylic acids is 1. The van der Waals surface area contributed by atoms with Crippen LogP contribution in [-0.2, 0) is 17.6 Å². The van der Waals surface area contributed by atoms with E-state index >= 15 is 0 Å². The number of carboxylic acid groups (broad SMARTS) is 1. The Bertz CT molecular complexity index is 973. The highest BCUT2D eigenvalue weighted by Crippen LogP contribution is 2.36. The number of carboxylic acids is 1. The average Bonchev–Trinajstić information content (AvgIpc) is 3.16. The number of hydrogen-bond acceptors (Lipinski definition) is 2. The van der Waals surface area contributed by atoms with Gasteiger partial charge in [0.25, 0.3) is 0 Å². The summed E-state index contributed by atoms with van der Waals surface area (Å²) in [6.07, 6.45) is 1.75. The van der Waals surface area contributed by atoms with Crippen molar-refractivity contribution in [3.05, 3.63) is 58.7 Å². The number of para-hydroxylation sites is 2. The van der Waals surface area contributed by atoms with Crippen LogP contribution in [0.2, 0.25) is 0 Å². The SMILES string of the molecule is CCc1cccc(C(C)C)c1N1CC[N+](c2c(CC)cccc2C(C)C)=C1C(=O)O. The lowest BCUT2D eigenvalue weighted by atomic mass is 9.95. The van der Waals surface area contributed by atoms with Crippen molar-refractivity contribution in [2.45, 2.75) is 66.2 Å². The molecule has 0 aliphatic carbocycles. The zero-order valence-electron chi connectivity index (χ0n) is 19.2. The summed E-state index contributed by atoms with van der Waals surface area (Å²) in [6.45, 7) is 14.3. The van der Waals surface area contributed by atoms with Crippen molar-refractivity contribution in [3.63, 3.8) is 0 Å². The number of carbonyl (C=O) groups is 1. The predicted octanol–water partition coefficient (Wildman–Crippen LogP) is 5.71. The van der Waals surface area contributed by atoms with Crippen LogP contribution in [0.3, 0.4) is 0 Å². The topological polar surface area (TPSA) is 43.5 Å². The first-order chi connectivity index (χ1) is 14.3. The van der Waals surface area contributed by atoms with Crippen LogP contribution in [0, 0.1) is 0 Å². The molecule has 0 fully saturated rings. The summed E-state index contributed by atoms with van der Waals surface area (Å²) in [6, 6.07) is 12.7. The second kappa shape index (κ2) is 9.03. The molecule has 1 heterocycles. The van der Waals surface area contributed by atoms with Gasteiger partial charge in [-0.3, -0.25) is 0 Å². The highest BCUT2D eigenvalue weighted by molar-refractivity contribution is 6.38. The molecule has 0 aromatic heterocycles. The maximum absolute atomic E-state index is 12.6. The first kappa shape index (κ1) is 22.1. The number of amidine groups is 1. The maximum atomic E-state index is 12.6. The second-order valence-corrected chi connectivity index (χ2v) is 8.66. The van der Waals surface area contributed by atoms with Crippen LogP contribution in [-0.4, -0.2) is 34.6 Å². The van der Waals surface area contributed by atoms with Gasteiger partial charge in [-0.1, -0.05) is 77.9 Å². The summed E-state index contributed by atoms with van der Waals surface area (Å²) in [5.41, 5.74) is 6.99. The normalized spacial score (nSPS) is 14.3. The summed E-state index contributed by atoms with van der Waals surface area (Å²) in [4.78, 5) is 14.7. The number of benzene rings is 2. The smallest absolute Gasteiger partial charge is 0.419 e. The van der Waals surface area contributed by atoms with Crippen LogP contribution < -0.4 is 4.90 Å². The first-order valence-electron chi connectivity index (χ1n) is 11.2. The van der Waals surface area contributed by atoms with Crippen LogP contribution in [0.15, 0.2) is 36.4 Å². The number of hydrogen-bond donors (Lipinski definition) is 1. The average molecular weight is 408 g/mol. The van der Waals surface area contributed by atoms with Gasteiger partial charge >= 0.3 is 11.8 Å². The minimum Gasteiger partial charge on any atom is -0.472 e. The summed E-state index contributed by atoms with van der Waals surface area (Å²) in [5, 5.41) is 10.3. The number of aryl methyl sites for hydroxylation is 2. The maximum Gasteiger partial charge on any atom is 0.419 e. The van der Waals surface area contributed by atoms with Crippen LogP contribution >= 0.6 is 0 Å². The van der Waals surface area contributed by atoms with Crippen molar-refractivity contribution in [2.75, 3.05) is 18.0 Å². The lowest BCUT2D eigenvalue weighted by Gasteiger charge is -2.20. The third-order valence-corrected chi connectivity index (χ3v) is 6.10. The van der Waals surface area contributed by atoms with Crippen molar-refractivity contribution in [1.82, 2.24) is 0 Å². The van der Waals surface area contributed by atoms with E-state index in [9.17, 15) is 9.90 Å². The standard InChI is InChI=1S/C26H34N2O2/c1-7-19-11-9-13-21(17(3)4)23(19)27-15-16-28(25(27)26(29)30)24-20(8-2)12-10-14-22(24)18(5)6/h9-14,17-18H,7-8,15-16H2,1-6H3/p+1. The quantitative estimate of drug-likeness (QED) is 0.598. The summed E-state index contributed by atoms with van der Waals surface area (Å²) >= 11 is 0. The Morgan fingerprint density at radius 3 is 2.07 bits per heavy atom. The van der Waals surface area contributed by atoms with E-state index in [2.05, 4.69) is 77.9 Å². The van der Waals surface area contributed by atoms with Gasteiger partial charge in [0.05, 0.1) is 0 Å². The van der Waals surface area contributed by atoms with Crippen molar-refractivity contribution in [1.29, 1.82) is 0 Å². The molecule has 0 saturated heterocycles. The Morgan fingerprint density at radius 1 is 0.967 bits per heavy atom. The van der Waals surface area contributed by atoms with E-state index < -0.39 is 5.97 Å². The molecule has 0 atom stereocenters. The zero-order valence-corrected chi connectivity index (χ0v) is 19.2. The lowest BCUT2D eigenvalue weighted by molar-refractivity contribution is -0.429. The molecule has 1 aliphatic rings. The van der Waals surface area contributed by atoms with E-state index in [0.29, 0.717) is 30.8 Å². The second-order valence-electron chi connectivity index (χ2n) is 8.66. The van der Waals surface area contributed by atoms with Crippen molar-refractivity contribution in [3.8, 4) is 0 Å². The summed E-state index contributed by atoms with van der Waals surface area (Å²) in [7, 11) is 0. The Hall–Kier alpha value is -2.62. The van der Waals surface area contributed by atoms with Gasteiger partial charge in [-0.05, 0) is 35.8 Å². The van der Waals surface area contributed by atoms with Crippen LogP contribution in [0.1, 0.15) is 75.6 Å². The first-order valence-corrected chi connectivity index (χ1v) is 11.2. The Balaban J connectivity index is 2.30. The number of nitrogens with zero attached hydrogens (tertiary/aromatic N) is 2. The molecule has 1 aliphatic heterocycles. The minimum atomic E-state index is -0.867. The monoisotopic (exact) mass is 407 g/mol. The molecule has 0 unspecified atom stereocenters. The van der Waals surface area contributed by atoms with Crippen molar-refractivity contribution in [2.24, 2.45) is 0 Å². The molecule has 30 heavy (non-hydrogen) atoms. The van der Waals surface area contributed by atoms with E-state index in [1.807, 2.05) is 9.48 Å². The van der Waals surface area contributed by atoms with Gasteiger partial charge in [-0.25, -0.2) is 14.3 Å². The van der Waals surface area contributed by atoms with Gasteiger partial charge < -0.3 is 5.11 Å². The molecule has 0 saturated carbocycles. The fourth-order valence-electron chi connectivity index (χ4n) is 4.61. The molecule has 160 valence electrons. The highest BCUT2D eigenvalue weighted by Gasteiger charge is 2.42. The molecular weight excluding hydrogens is 372 g/mol. The number of rotatable bonds is 7. The molecule has 4 heteroatoms. The van der Waals surface area contributed by atoms with Crippen molar-refractivity contribution < 1.29 is 14.5 Å². The van der Waals surface area contributed by atoms with Crippen LogP contribution in [0.25, 0.3) is 0 Å². The molecule has 3 rings (SSSR count).